The summed E-state index contributed by atoms with van der Waals surface area (Å²) in [6.07, 6.45) is 0.139. The fraction of sp³-hybridized carbons (Fsp3) is 0.154. The molecule has 172 valence electrons. The molecule has 0 radical (unpaired) electrons. The van der Waals surface area contributed by atoms with Crippen molar-refractivity contribution in [3.05, 3.63) is 90.5 Å². The SMILES string of the molecule is N#CCCN(C(=O)COC(=O)CNC(=O)c1ccc(Oc2ccccc2)cc1)c1ccccc1. The maximum Gasteiger partial charge on any atom is 0.325 e. The summed E-state index contributed by atoms with van der Waals surface area (Å²) in [4.78, 5) is 38.2. The van der Waals surface area contributed by atoms with E-state index in [1.54, 1.807) is 48.5 Å². The lowest BCUT2D eigenvalue weighted by Crippen LogP contribution is -2.37. The van der Waals surface area contributed by atoms with E-state index in [0.29, 0.717) is 22.7 Å². The lowest BCUT2D eigenvalue weighted by atomic mass is 10.2. The van der Waals surface area contributed by atoms with Gasteiger partial charge in [0, 0.05) is 17.8 Å². The minimum Gasteiger partial charge on any atom is -0.457 e. The summed E-state index contributed by atoms with van der Waals surface area (Å²) in [7, 11) is 0. The fourth-order valence-electron chi connectivity index (χ4n) is 2.99. The van der Waals surface area contributed by atoms with Crippen molar-refractivity contribution in [3.8, 4) is 17.6 Å². The number of rotatable bonds is 10. The summed E-state index contributed by atoms with van der Waals surface area (Å²) in [5.74, 6) is -0.431. The van der Waals surface area contributed by atoms with E-state index in [9.17, 15) is 14.4 Å². The molecule has 8 heteroatoms. The van der Waals surface area contributed by atoms with Crippen LogP contribution < -0.4 is 15.0 Å². The molecule has 0 aromatic heterocycles. The molecule has 0 saturated heterocycles. The summed E-state index contributed by atoms with van der Waals surface area (Å²) < 4.78 is 10.7. The lowest BCUT2D eigenvalue weighted by Gasteiger charge is -2.21. The number of hydrogen-bond donors (Lipinski definition) is 1. The van der Waals surface area contributed by atoms with Gasteiger partial charge in [0.05, 0.1) is 12.5 Å². The van der Waals surface area contributed by atoms with Gasteiger partial charge in [-0.1, -0.05) is 36.4 Å². The van der Waals surface area contributed by atoms with Gasteiger partial charge in [-0.15, -0.1) is 0 Å². The van der Waals surface area contributed by atoms with Crippen LogP contribution in [0.25, 0.3) is 0 Å². The molecule has 0 atom stereocenters. The first-order valence-electron chi connectivity index (χ1n) is 10.6. The van der Waals surface area contributed by atoms with E-state index in [4.69, 9.17) is 14.7 Å². The molecule has 34 heavy (non-hydrogen) atoms. The highest BCUT2D eigenvalue weighted by molar-refractivity contribution is 5.97. The predicted molar refractivity (Wildman–Crippen MR) is 125 cm³/mol. The summed E-state index contributed by atoms with van der Waals surface area (Å²) in [5, 5.41) is 11.3. The van der Waals surface area contributed by atoms with Gasteiger partial charge in [-0.3, -0.25) is 14.4 Å². The number of nitriles is 1. The van der Waals surface area contributed by atoms with E-state index in [1.807, 2.05) is 42.5 Å². The number of anilines is 1. The Morgan fingerprint density at radius 3 is 2.12 bits per heavy atom. The first-order valence-corrected chi connectivity index (χ1v) is 10.6. The standard InChI is InChI=1S/C26H23N3O5/c27-16-7-17-29(21-8-3-1-4-9-21)24(30)19-33-25(31)18-28-26(32)20-12-14-23(15-13-20)34-22-10-5-2-6-11-22/h1-6,8-15H,7,17-19H2,(H,28,32). The van der Waals surface area contributed by atoms with E-state index in [-0.39, 0.29) is 13.0 Å². The monoisotopic (exact) mass is 457 g/mol. The summed E-state index contributed by atoms with van der Waals surface area (Å²) in [6, 6.07) is 26.5. The second-order valence-corrected chi connectivity index (χ2v) is 7.07. The second-order valence-electron chi connectivity index (χ2n) is 7.07. The van der Waals surface area contributed by atoms with Gasteiger partial charge in [-0.25, -0.2) is 0 Å². The van der Waals surface area contributed by atoms with Gasteiger partial charge in [-0.2, -0.15) is 5.26 Å². The highest BCUT2D eigenvalue weighted by Gasteiger charge is 2.18. The second kappa shape index (κ2) is 12.4. The quantitative estimate of drug-likeness (QED) is 0.465. The van der Waals surface area contributed by atoms with Crippen LogP contribution in [-0.2, 0) is 14.3 Å². The number of esters is 1. The number of carbonyl (C=O) groups is 3. The Hall–Kier alpha value is -4.64. The van der Waals surface area contributed by atoms with Gasteiger partial charge < -0.3 is 19.7 Å². The topological polar surface area (TPSA) is 109 Å². The predicted octanol–water partition coefficient (Wildman–Crippen LogP) is 3.70. The van der Waals surface area contributed by atoms with Crippen LogP contribution in [0.1, 0.15) is 16.8 Å². The maximum absolute atomic E-state index is 12.5. The number of para-hydroxylation sites is 2. The van der Waals surface area contributed by atoms with Crippen LogP contribution in [-0.4, -0.2) is 37.5 Å². The van der Waals surface area contributed by atoms with Crippen LogP contribution in [0.5, 0.6) is 11.5 Å². The molecule has 0 unspecified atom stereocenters. The van der Waals surface area contributed by atoms with Crippen molar-refractivity contribution in [2.75, 3.05) is 24.6 Å². The summed E-state index contributed by atoms with van der Waals surface area (Å²) >= 11 is 0. The Labute approximate surface area is 197 Å². The van der Waals surface area contributed by atoms with Crippen LogP contribution in [0, 0.1) is 11.3 Å². The first-order chi connectivity index (χ1) is 16.6. The molecule has 0 bridgehead atoms. The number of benzene rings is 3. The molecule has 0 fully saturated rings. The third-order valence-electron chi connectivity index (χ3n) is 4.66. The molecule has 0 aliphatic carbocycles. The molecule has 0 saturated carbocycles. The minimum atomic E-state index is -0.751. The summed E-state index contributed by atoms with van der Waals surface area (Å²) in [6.45, 7) is -0.712. The molecule has 8 nitrogen and oxygen atoms in total. The van der Waals surface area contributed by atoms with Gasteiger partial charge >= 0.3 is 5.97 Å². The zero-order valence-corrected chi connectivity index (χ0v) is 18.3. The maximum atomic E-state index is 12.5. The number of amides is 2. The van der Waals surface area contributed by atoms with Crippen LogP contribution in [0.2, 0.25) is 0 Å². The van der Waals surface area contributed by atoms with E-state index < -0.39 is 30.9 Å². The Balaban J connectivity index is 1.46. The van der Waals surface area contributed by atoms with Crippen molar-refractivity contribution >= 4 is 23.5 Å². The number of nitrogens with zero attached hydrogens (tertiary/aromatic N) is 2. The van der Waals surface area contributed by atoms with E-state index >= 15 is 0 Å². The molecule has 3 aromatic carbocycles. The average molecular weight is 457 g/mol. The Morgan fingerprint density at radius 1 is 0.853 bits per heavy atom. The van der Waals surface area contributed by atoms with Gasteiger partial charge in [0.15, 0.2) is 6.61 Å². The van der Waals surface area contributed by atoms with Crippen LogP contribution in [0.3, 0.4) is 0 Å². The van der Waals surface area contributed by atoms with Crippen molar-refractivity contribution in [1.82, 2.24) is 5.32 Å². The molecule has 3 aromatic rings. The summed E-state index contributed by atoms with van der Waals surface area (Å²) in [5.41, 5.74) is 0.947. The smallest absolute Gasteiger partial charge is 0.325 e. The minimum absolute atomic E-state index is 0.139. The van der Waals surface area contributed by atoms with Crippen LogP contribution in [0.15, 0.2) is 84.9 Å². The molecule has 0 aliphatic heterocycles. The third-order valence-corrected chi connectivity index (χ3v) is 4.66. The van der Waals surface area contributed by atoms with Crippen molar-refractivity contribution in [2.45, 2.75) is 6.42 Å². The van der Waals surface area contributed by atoms with Gasteiger partial charge in [0.1, 0.15) is 18.0 Å². The van der Waals surface area contributed by atoms with Gasteiger partial charge in [0.25, 0.3) is 11.8 Å². The van der Waals surface area contributed by atoms with Crippen molar-refractivity contribution in [2.24, 2.45) is 0 Å². The largest absolute Gasteiger partial charge is 0.457 e. The molecule has 3 rings (SSSR count). The zero-order chi connectivity index (χ0) is 24.2. The highest BCUT2D eigenvalue weighted by atomic mass is 16.5. The Bertz CT molecular complexity index is 1140. The van der Waals surface area contributed by atoms with Gasteiger partial charge in [-0.05, 0) is 48.5 Å². The van der Waals surface area contributed by atoms with Crippen molar-refractivity contribution in [3.63, 3.8) is 0 Å². The molecule has 0 spiro atoms. The normalized spacial score (nSPS) is 9.97. The number of nitrogens with one attached hydrogen (secondary N) is 1. The van der Waals surface area contributed by atoms with Crippen LogP contribution in [0.4, 0.5) is 5.69 Å². The number of carbonyl (C=O) groups excluding carboxylic acids is 3. The van der Waals surface area contributed by atoms with Crippen LogP contribution >= 0.6 is 0 Å². The average Bonchev–Trinajstić information content (AvgIpc) is 2.88. The fourth-order valence-corrected chi connectivity index (χ4v) is 2.99. The van der Waals surface area contributed by atoms with Crippen molar-refractivity contribution < 1.29 is 23.9 Å². The zero-order valence-electron chi connectivity index (χ0n) is 18.3. The molecule has 0 aliphatic rings. The lowest BCUT2D eigenvalue weighted by molar-refractivity contribution is -0.146. The molecule has 1 N–H and O–H groups in total. The van der Waals surface area contributed by atoms with E-state index in [1.165, 1.54) is 4.90 Å². The first kappa shape index (κ1) is 24.0. The molecular weight excluding hydrogens is 434 g/mol. The van der Waals surface area contributed by atoms with Crippen molar-refractivity contribution in [1.29, 1.82) is 5.26 Å². The van der Waals surface area contributed by atoms with Gasteiger partial charge in [0.2, 0.25) is 0 Å². The highest BCUT2D eigenvalue weighted by Crippen LogP contribution is 2.21. The number of ether oxygens (including phenoxy) is 2. The molecule has 2 amide bonds. The molecular formula is C26H23N3O5. The Morgan fingerprint density at radius 2 is 1.47 bits per heavy atom. The third kappa shape index (κ3) is 7.21. The Kier molecular flexibility index (Phi) is 8.76. The van der Waals surface area contributed by atoms with E-state index in [2.05, 4.69) is 5.32 Å². The molecule has 0 heterocycles. The number of hydrogen-bond acceptors (Lipinski definition) is 6. The van der Waals surface area contributed by atoms with E-state index in [0.717, 1.165) is 0 Å².